The van der Waals surface area contributed by atoms with Crippen molar-refractivity contribution in [3.05, 3.63) is 17.9 Å². The molecule has 6 nitrogen and oxygen atoms in total. The minimum atomic E-state index is -3.95. The van der Waals surface area contributed by atoms with Crippen molar-refractivity contribution in [2.24, 2.45) is 5.14 Å². The molecule has 74 valence electrons. The Hall–Kier alpha value is -1.54. The first kappa shape index (κ1) is 9.03. The summed E-state index contributed by atoms with van der Waals surface area (Å²) in [4.78, 5) is -0.310. The summed E-state index contributed by atoms with van der Waals surface area (Å²) in [5.41, 5.74) is -0.455. The van der Waals surface area contributed by atoms with Gasteiger partial charge in [0.15, 0.2) is 16.9 Å². The summed E-state index contributed by atoms with van der Waals surface area (Å²) in [5, 5.41) is 11.3. The molecular weight excluding hydrogens is 213 g/mol. The van der Waals surface area contributed by atoms with Gasteiger partial charge in [0.1, 0.15) is 4.90 Å². The molecule has 0 aliphatic heterocycles. The highest BCUT2D eigenvalue weighted by Crippen LogP contribution is 2.20. The Bertz CT molecular complexity index is 591. The number of benzene rings is 1. The first-order valence-corrected chi connectivity index (χ1v) is 4.98. The molecule has 14 heavy (non-hydrogen) atoms. The van der Waals surface area contributed by atoms with Gasteiger partial charge >= 0.3 is 0 Å². The summed E-state index contributed by atoms with van der Waals surface area (Å²) in [6.45, 7) is 0. The number of aromatic nitrogens is 2. The van der Waals surface area contributed by atoms with Crippen LogP contribution in [0, 0.1) is 5.82 Å². The van der Waals surface area contributed by atoms with Crippen molar-refractivity contribution in [1.29, 1.82) is 0 Å². The van der Waals surface area contributed by atoms with Gasteiger partial charge in [-0.25, -0.2) is 22.6 Å². The minimum absolute atomic E-state index is 0.201. The Balaban J connectivity index is 2.93. The van der Waals surface area contributed by atoms with Crippen LogP contribution in [0.2, 0.25) is 0 Å². The third kappa shape index (κ3) is 1.24. The standard InChI is InChI=1S/C6H4FN3O3S/c7-3-1-2-4(14(8,11)12)6-5(3)9-13-10-6/h1-2H,(H2,8,11,12). The number of nitrogens with two attached hydrogens (primary N) is 1. The molecule has 0 atom stereocenters. The molecule has 2 rings (SSSR count). The van der Waals surface area contributed by atoms with E-state index in [-0.39, 0.29) is 15.9 Å². The van der Waals surface area contributed by atoms with Crippen LogP contribution >= 0.6 is 0 Å². The van der Waals surface area contributed by atoms with Crippen LogP contribution < -0.4 is 5.14 Å². The van der Waals surface area contributed by atoms with Gasteiger partial charge in [0, 0.05) is 0 Å². The molecule has 1 aromatic carbocycles. The molecule has 0 amide bonds. The van der Waals surface area contributed by atoms with E-state index in [1.807, 2.05) is 0 Å². The second-order valence-corrected chi connectivity index (χ2v) is 4.08. The highest BCUT2D eigenvalue weighted by Gasteiger charge is 2.18. The molecule has 0 aliphatic carbocycles. The van der Waals surface area contributed by atoms with Crippen molar-refractivity contribution in [2.45, 2.75) is 4.90 Å². The van der Waals surface area contributed by atoms with Gasteiger partial charge in [-0.05, 0) is 22.4 Å². The highest BCUT2D eigenvalue weighted by atomic mass is 32.2. The lowest BCUT2D eigenvalue weighted by Gasteiger charge is -1.96. The third-order valence-electron chi connectivity index (χ3n) is 1.64. The van der Waals surface area contributed by atoms with Crippen molar-refractivity contribution < 1.29 is 17.4 Å². The average molecular weight is 217 g/mol. The first-order chi connectivity index (χ1) is 6.50. The Labute approximate surface area is 77.5 Å². The molecule has 1 heterocycles. The fraction of sp³-hybridized carbons (Fsp3) is 0. The van der Waals surface area contributed by atoms with Gasteiger partial charge in [0.05, 0.1) is 0 Å². The molecule has 0 saturated carbocycles. The van der Waals surface area contributed by atoms with Crippen LogP contribution in [0.1, 0.15) is 0 Å². The second-order valence-electron chi connectivity index (χ2n) is 2.55. The molecule has 2 N–H and O–H groups in total. The molecule has 0 fully saturated rings. The molecule has 0 spiro atoms. The fourth-order valence-electron chi connectivity index (χ4n) is 1.04. The molecule has 0 unspecified atom stereocenters. The summed E-state index contributed by atoms with van der Waals surface area (Å²) in [6.07, 6.45) is 0. The summed E-state index contributed by atoms with van der Waals surface area (Å²) in [6, 6.07) is 1.95. The Kier molecular flexibility index (Phi) is 1.76. The highest BCUT2D eigenvalue weighted by molar-refractivity contribution is 7.89. The van der Waals surface area contributed by atoms with E-state index in [0.717, 1.165) is 12.1 Å². The number of sulfonamides is 1. The smallest absolute Gasteiger partial charge is 0.240 e. The van der Waals surface area contributed by atoms with E-state index in [9.17, 15) is 12.8 Å². The zero-order chi connectivity index (χ0) is 10.3. The number of hydrogen-bond donors (Lipinski definition) is 1. The summed E-state index contributed by atoms with van der Waals surface area (Å²) in [5.74, 6) is -0.714. The van der Waals surface area contributed by atoms with Crippen LogP contribution in [-0.2, 0) is 10.0 Å². The minimum Gasteiger partial charge on any atom is -0.243 e. The number of primary sulfonamides is 1. The number of fused-ring (bicyclic) bond motifs is 1. The molecule has 0 saturated heterocycles. The van der Waals surface area contributed by atoms with Gasteiger partial charge in [-0.2, -0.15) is 0 Å². The van der Waals surface area contributed by atoms with E-state index in [0.29, 0.717) is 0 Å². The number of rotatable bonds is 1. The summed E-state index contributed by atoms with van der Waals surface area (Å²) in [7, 11) is -3.95. The normalized spacial score (nSPS) is 12.1. The molecule has 0 radical (unpaired) electrons. The number of hydrogen-bond acceptors (Lipinski definition) is 5. The van der Waals surface area contributed by atoms with Gasteiger partial charge in [-0.1, -0.05) is 0 Å². The van der Waals surface area contributed by atoms with Crippen LogP contribution in [0.5, 0.6) is 0 Å². The van der Waals surface area contributed by atoms with E-state index in [1.165, 1.54) is 0 Å². The van der Waals surface area contributed by atoms with Gasteiger partial charge in [-0.3, -0.25) is 0 Å². The van der Waals surface area contributed by atoms with Crippen LogP contribution in [0.15, 0.2) is 21.7 Å². The Morgan fingerprint density at radius 2 is 1.93 bits per heavy atom. The summed E-state index contributed by atoms with van der Waals surface area (Å²) >= 11 is 0. The van der Waals surface area contributed by atoms with E-state index in [2.05, 4.69) is 14.9 Å². The number of nitrogens with zero attached hydrogens (tertiary/aromatic N) is 2. The molecule has 0 aliphatic rings. The quantitative estimate of drug-likeness (QED) is 0.725. The maximum absolute atomic E-state index is 13.0. The van der Waals surface area contributed by atoms with Crippen molar-refractivity contribution in [3.63, 3.8) is 0 Å². The third-order valence-corrected chi connectivity index (χ3v) is 2.58. The van der Waals surface area contributed by atoms with Crippen molar-refractivity contribution in [1.82, 2.24) is 10.3 Å². The van der Waals surface area contributed by atoms with Crippen LogP contribution in [0.4, 0.5) is 4.39 Å². The molecule has 8 heteroatoms. The summed E-state index contributed by atoms with van der Waals surface area (Å²) < 4.78 is 39.2. The first-order valence-electron chi connectivity index (χ1n) is 3.44. The molecular formula is C6H4FN3O3S. The topological polar surface area (TPSA) is 99.1 Å². The zero-order valence-electron chi connectivity index (χ0n) is 6.64. The van der Waals surface area contributed by atoms with Crippen molar-refractivity contribution in [3.8, 4) is 0 Å². The zero-order valence-corrected chi connectivity index (χ0v) is 7.45. The fourth-order valence-corrected chi connectivity index (χ4v) is 1.70. The van der Waals surface area contributed by atoms with Gasteiger partial charge in [-0.15, -0.1) is 0 Å². The largest absolute Gasteiger partial charge is 0.243 e. The van der Waals surface area contributed by atoms with Gasteiger partial charge in [0.2, 0.25) is 10.0 Å². The van der Waals surface area contributed by atoms with Crippen molar-refractivity contribution >= 4 is 21.1 Å². The van der Waals surface area contributed by atoms with Gasteiger partial charge < -0.3 is 0 Å². The van der Waals surface area contributed by atoms with E-state index in [4.69, 9.17) is 5.14 Å². The van der Waals surface area contributed by atoms with Crippen LogP contribution in [0.25, 0.3) is 11.0 Å². The lowest BCUT2D eigenvalue weighted by atomic mass is 10.3. The predicted octanol–water partition coefficient (Wildman–Crippen LogP) is 0.00930. The SMILES string of the molecule is NS(=O)(=O)c1ccc(F)c2nonc12. The average Bonchev–Trinajstić information content (AvgIpc) is 2.50. The number of halogens is 1. The van der Waals surface area contributed by atoms with Crippen molar-refractivity contribution in [2.75, 3.05) is 0 Å². The van der Waals surface area contributed by atoms with Crippen LogP contribution in [0.3, 0.4) is 0 Å². The lowest BCUT2D eigenvalue weighted by molar-refractivity contribution is 0.314. The van der Waals surface area contributed by atoms with Crippen LogP contribution in [-0.4, -0.2) is 18.7 Å². The molecule has 2 aromatic rings. The molecule has 1 aromatic heterocycles. The second kappa shape index (κ2) is 2.72. The maximum Gasteiger partial charge on any atom is 0.240 e. The lowest BCUT2D eigenvalue weighted by Crippen LogP contribution is -2.12. The molecule has 0 bridgehead atoms. The van der Waals surface area contributed by atoms with Gasteiger partial charge in [0.25, 0.3) is 0 Å². The Morgan fingerprint density at radius 3 is 2.57 bits per heavy atom. The van der Waals surface area contributed by atoms with E-state index >= 15 is 0 Å². The predicted molar refractivity (Wildman–Crippen MR) is 43.1 cm³/mol. The van der Waals surface area contributed by atoms with E-state index in [1.54, 1.807) is 0 Å². The Morgan fingerprint density at radius 1 is 1.29 bits per heavy atom. The monoisotopic (exact) mass is 217 g/mol. The maximum atomic E-state index is 13.0. The van der Waals surface area contributed by atoms with E-state index < -0.39 is 15.8 Å².